The van der Waals surface area contributed by atoms with Crippen LogP contribution in [0.4, 0.5) is 5.69 Å². The number of hydrogen-bond acceptors (Lipinski definition) is 1. The average molecular weight is 383 g/mol. The Morgan fingerprint density at radius 1 is 1.05 bits per heavy atom. The highest BCUT2D eigenvalue weighted by molar-refractivity contribution is 9.11. The summed E-state index contributed by atoms with van der Waals surface area (Å²) in [5.74, 6) is 0.0203. The summed E-state index contributed by atoms with van der Waals surface area (Å²) in [5.41, 5.74) is 1.97. The molecule has 0 fully saturated rings. The van der Waals surface area contributed by atoms with Crippen LogP contribution in [-0.4, -0.2) is 5.91 Å². The van der Waals surface area contributed by atoms with Crippen LogP contribution in [0, 0.1) is 0 Å². The van der Waals surface area contributed by atoms with Gasteiger partial charge in [0.2, 0.25) is 5.91 Å². The number of benzene rings is 2. The van der Waals surface area contributed by atoms with E-state index in [-0.39, 0.29) is 5.91 Å². The molecule has 0 saturated carbocycles. The number of anilines is 1. The van der Waals surface area contributed by atoms with E-state index in [1.54, 1.807) is 0 Å². The Kier molecular flexibility index (Phi) is 5.16. The molecule has 2 aromatic rings. The van der Waals surface area contributed by atoms with Gasteiger partial charge in [-0.25, -0.2) is 0 Å². The molecule has 4 heteroatoms. The number of amides is 1. The van der Waals surface area contributed by atoms with Crippen LogP contribution < -0.4 is 5.32 Å². The molecule has 0 saturated heterocycles. The smallest absolute Gasteiger partial charge is 0.224 e. The fraction of sp³-hybridized carbons (Fsp3) is 0.133. The van der Waals surface area contributed by atoms with Gasteiger partial charge in [0.25, 0.3) is 0 Å². The minimum atomic E-state index is 0.0203. The number of rotatable bonds is 4. The summed E-state index contributed by atoms with van der Waals surface area (Å²) in [6, 6.07) is 15.7. The Bertz CT molecular complexity index is 570. The van der Waals surface area contributed by atoms with Gasteiger partial charge in [-0.05, 0) is 46.1 Å². The molecule has 0 unspecified atom stereocenters. The van der Waals surface area contributed by atoms with E-state index in [0.717, 1.165) is 21.1 Å². The molecule has 1 N–H and O–H groups in total. The van der Waals surface area contributed by atoms with Gasteiger partial charge in [0.05, 0.1) is 5.69 Å². The Morgan fingerprint density at radius 3 is 2.47 bits per heavy atom. The molecule has 2 nitrogen and oxygen atoms in total. The van der Waals surface area contributed by atoms with Gasteiger partial charge in [0.15, 0.2) is 0 Å². The van der Waals surface area contributed by atoms with E-state index in [0.29, 0.717) is 6.42 Å². The number of halogens is 2. The second kappa shape index (κ2) is 6.87. The number of carbonyl (C=O) groups is 1. The van der Waals surface area contributed by atoms with Crippen molar-refractivity contribution in [3.05, 3.63) is 63.0 Å². The molecule has 1 amide bonds. The van der Waals surface area contributed by atoms with Crippen LogP contribution in [0.15, 0.2) is 57.5 Å². The van der Waals surface area contributed by atoms with Gasteiger partial charge in [-0.2, -0.15) is 0 Å². The van der Waals surface area contributed by atoms with Gasteiger partial charge in [-0.1, -0.05) is 46.3 Å². The van der Waals surface area contributed by atoms with Gasteiger partial charge < -0.3 is 5.32 Å². The molecular formula is C15H13Br2NO. The molecular weight excluding hydrogens is 370 g/mol. The van der Waals surface area contributed by atoms with Crippen molar-refractivity contribution in [2.75, 3.05) is 5.32 Å². The summed E-state index contributed by atoms with van der Waals surface area (Å²) in [4.78, 5) is 11.9. The predicted molar refractivity (Wildman–Crippen MR) is 85.2 cm³/mol. The Balaban J connectivity index is 1.91. The standard InChI is InChI=1S/C15H13Br2NO/c16-12-7-8-14(13(17)10-12)18-15(19)9-6-11-4-2-1-3-5-11/h1-5,7-8,10H,6,9H2,(H,18,19). The zero-order valence-corrected chi connectivity index (χ0v) is 13.4. The topological polar surface area (TPSA) is 29.1 Å². The summed E-state index contributed by atoms with van der Waals surface area (Å²) in [7, 11) is 0. The van der Waals surface area contributed by atoms with Crippen LogP contribution in [0.25, 0.3) is 0 Å². The molecule has 2 rings (SSSR count). The first-order chi connectivity index (χ1) is 9.15. The number of carbonyl (C=O) groups excluding carboxylic acids is 1. The van der Waals surface area contributed by atoms with E-state index in [1.165, 1.54) is 5.56 Å². The van der Waals surface area contributed by atoms with E-state index < -0.39 is 0 Å². The second-order valence-electron chi connectivity index (χ2n) is 4.16. The van der Waals surface area contributed by atoms with Crippen molar-refractivity contribution >= 4 is 43.5 Å². The number of aryl methyl sites for hydroxylation is 1. The maximum absolute atomic E-state index is 11.9. The quantitative estimate of drug-likeness (QED) is 0.809. The zero-order valence-electron chi connectivity index (χ0n) is 10.2. The van der Waals surface area contributed by atoms with Crippen LogP contribution in [0.2, 0.25) is 0 Å². The van der Waals surface area contributed by atoms with E-state index >= 15 is 0 Å². The Hall–Kier alpha value is -1.13. The van der Waals surface area contributed by atoms with Crippen molar-refractivity contribution < 1.29 is 4.79 Å². The van der Waals surface area contributed by atoms with E-state index in [9.17, 15) is 4.79 Å². The van der Waals surface area contributed by atoms with Gasteiger partial charge >= 0.3 is 0 Å². The molecule has 0 radical (unpaired) electrons. The third-order valence-corrected chi connectivity index (χ3v) is 3.84. The zero-order chi connectivity index (χ0) is 13.7. The highest BCUT2D eigenvalue weighted by atomic mass is 79.9. The molecule has 0 aliphatic carbocycles. The molecule has 0 spiro atoms. The van der Waals surface area contributed by atoms with Gasteiger partial charge in [0.1, 0.15) is 0 Å². The van der Waals surface area contributed by atoms with Gasteiger partial charge in [0, 0.05) is 15.4 Å². The third-order valence-electron chi connectivity index (χ3n) is 2.69. The summed E-state index contributed by atoms with van der Waals surface area (Å²) in [6.45, 7) is 0. The molecule has 0 aliphatic heterocycles. The van der Waals surface area contributed by atoms with Crippen LogP contribution in [0.3, 0.4) is 0 Å². The maximum Gasteiger partial charge on any atom is 0.224 e. The molecule has 19 heavy (non-hydrogen) atoms. The molecule has 0 aromatic heterocycles. The minimum Gasteiger partial charge on any atom is -0.325 e. The van der Waals surface area contributed by atoms with E-state index in [1.807, 2.05) is 48.5 Å². The number of nitrogens with one attached hydrogen (secondary N) is 1. The van der Waals surface area contributed by atoms with Crippen molar-refractivity contribution in [3.63, 3.8) is 0 Å². The van der Waals surface area contributed by atoms with Crippen LogP contribution >= 0.6 is 31.9 Å². The summed E-state index contributed by atoms with van der Waals surface area (Å²) >= 11 is 6.81. The lowest BCUT2D eigenvalue weighted by atomic mass is 10.1. The highest BCUT2D eigenvalue weighted by Gasteiger charge is 2.06. The van der Waals surface area contributed by atoms with Gasteiger partial charge in [-0.15, -0.1) is 0 Å². The SMILES string of the molecule is O=C(CCc1ccccc1)Nc1ccc(Br)cc1Br. The Morgan fingerprint density at radius 2 is 1.79 bits per heavy atom. The normalized spacial score (nSPS) is 10.2. The third kappa shape index (κ3) is 4.48. The lowest BCUT2D eigenvalue weighted by molar-refractivity contribution is -0.116. The second-order valence-corrected chi connectivity index (χ2v) is 5.93. The minimum absolute atomic E-state index is 0.0203. The van der Waals surface area contributed by atoms with Crippen LogP contribution in [0.1, 0.15) is 12.0 Å². The molecule has 0 aliphatic rings. The number of hydrogen-bond donors (Lipinski definition) is 1. The summed E-state index contributed by atoms with van der Waals surface area (Å²) < 4.78 is 1.84. The molecule has 0 atom stereocenters. The lowest BCUT2D eigenvalue weighted by Gasteiger charge is -2.07. The molecule has 0 bridgehead atoms. The first kappa shape index (κ1) is 14.3. The monoisotopic (exact) mass is 381 g/mol. The van der Waals surface area contributed by atoms with Crippen molar-refractivity contribution in [2.24, 2.45) is 0 Å². The fourth-order valence-electron chi connectivity index (χ4n) is 1.71. The van der Waals surface area contributed by atoms with Crippen molar-refractivity contribution in [3.8, 4) is 0 Å². The van der Waals surface area contributed by atoms with Crippen molar-refractivity contribution in [2.45, 2.75) is 12.8 Å². The maximum atomic E-state index is 11.9. The van der Waals surface area contributed by atoms with Crippen molar-refractivity contribution in [1.29, 1.82) is 0 Å². The van der Waals surface area contributed by atoms with Gasteiger partial charge in [-0.3, -0.25) is 4.79 Å². The summed E-state index contributed by atoms with van der Waals surface area (Å²) in [5, 5.41) is 2.90. The lowest BCUT2D eigenvalue weighted by Crippen LogP contribution is -2.12. The van der Waals surface area contributed by atoms with E-state index in [4.69, 9.17) is 0 Å². The summed E-state index contributed by atoms with van der Waals surface area (Å²) in [6.07, 6.45) is 1.23. The van der Waals surface area contributed by atoms with Crippen LogP contribution in [0.5, 0.6) is 0 Å². The predicted octanol–water partition coefficient (Wildman–Crippen LogP) is 4.78. The van der Waals surface area contributed by atoms with E-state index in [2.05, 4.69) is 37.2 Å². The van der Waals surface area contributed by atoms with Crippen molar-refractivity contribution in [1.82, 2.24) is 0 Å². The molecule has 98 valence electrons. The first-order valence-electron chi connectivity index (χ1n) is 5.94. The Labute approximate surface area is 129 Å². The molecule has 2 aromatic carbocycles. The average Bonchev–Trinajstić information content (AvgIpc) is 2.41. The first-order valence-corrected chi connectivity index (χ1v) is 7.52. The fourth-order valence-corrected chi connectivity index (χ4v) is 2.85. The highest BCUT2D eigenvalue weighted by Crippen LogP contribution is 2.26. The van der Waals surface area contributed by atoms with Crippen LogP contribution in [-0.2, 0) is 11.2 Å². The largest absolute Gasteiger partial charge is 0.325 e. The molecule has 0 heterocycles.